The molecule has 25 heavy (non-hydrogen) atoms. The van der Waals surface area contributed by atoms with E-state index in [1.54, 1.807) is 0 Å². The largest absolute Gasteiger partial charge is 0.332 e. The van der Waals surface area contributed by atoms with E-state index in [-0.39, 0.29) is 17.5 Å². The van der Waals surface area contributed by atoms with E-state index in [1.807, 2.05) is 22.4 Å². The van der Waals surface area contributed by atoms with Crippen LogP contribution in [0, 0.1) is 0 Å². The molecule has 0 saturated carbocycles. The number of nitrogens with zero attached hydrogens (tertiary/aromatic N) is 4. The van der Waals surface area contributed by atoms with Crippen molar-refractivity contribution in [2.45, 2.75) is 13.0 Å². The molecule has 0 aliphatic carbocycles. The maximum atomic E-state index is 12.5. The minimum absolute atomic E-state index is 0.0409. The van der Waals surface area contributed by atoms with E-state index in [0.29, 0.717) is 24.6 Å². The first-order valence-electron chi connectivity index (χ1n) is 7.59. The smallest absolute Gasteiger partial charge is 0.277 e. The Hall–Kier alpha value is -2.65. The van der Waals surface area contributed by atoms with Crippen LogP contribution in [-0.2, 0) is 13.0 Å². The van der Waals surface area contributed by atoms with Gasteiger partial charge in [0.15, 0.2) is 5.13 Å². The van der Waals surface area contributed by atoms with Crippen molar-refractivity contribution in [1.82, 2.24) is 19.9 Å². The van der Waals surface area contributed by atoms with E-state index in [2.05, 4.69) is 20.3 Å². The zero-order valence-electron chi connectivity index (χ0n) is 13.0. The molecule has 0 radical (unpaired) electrons. The number of amides is 2. The molecule has 3 aromatic heterocycles. The number of hydrogen-bond acceptors (Lipinski definition) is 7. The highest BCUT2D eigenvalue weighted by atomic mass is 32.1. The third kappa shape index (κ3) is 3.28. The van der Waals surface area contributed by atoms with Crippen LogP contribution >= 0.6 is 22.7 Å². The number of carbonyl (C=O) groups excluding carboxylic acids is 2. The van der Waals surface area contributed by atoms with Gasteiger partial charge in [0.25, 0.3) is 11.8 Å². The standard InChI is InChI=1S/C16H13N5O2S2/c22-14(11-8-17-4-5-18-11)20-16-19-10-3-6-21(9-13(10)25-16)15(23)12-2-1-7-24-12/h1-2,4-5,7-8H,3,6,9H2,(H,19,20,22). The normalized spacial score (nSPS) is 13.4. The van der Waals surface area contributed by atoms with Gasteiger partial charge < -0.3 is 4.90 Å². The van der Waals surface area contributed by atoms with Gasteiger partial charge in [-0.15, -0.1) is 11.3 Å². The molecule has 4 rings (SSSR count). The van der Waals surface area contributed by atoms with E-state index in [4.69, 9.17) is 0 Å². The van der Waals surface area contributed by atoms with E-state index in [9.17, 15) is 9.59 Å². The third-order valence-corrected chi connectivity index (χ3v) is 5.62. The van der Waals surface area contributed by atoms with E-state index < -0.39 is 0 Å². The zero-order chi connectivity index (χ0) is 17.2. The molecule has 0 bridgehead atoms. The van der Waals surface area contributed by atoms with Crippen LogP contribution in [0.15, 0.2) is 36.1 Å². The van der Waals surface area contributed by atoms with Gasteiger partial charge in [-0.1, -0.05) is 17.4 Å². The van der Waals surface area contributed by atoms with Gasteiger partial charge in [0, 0.05) is 30.2 Å². The number of aromatic nitrogens is 3. The van der Waals surface area contributed by atoms with Gasteiger partial charge in [-0.3, -0.25) is 19.9 Å². The molecule has 126 valence electrons. The van der Waals surface area contributed by atoms with Crippen LogP contribution in [0.4, 0.5) is 5.13 Å². The molecular weight excluding hydrogens is 358 g/mol. The summed E-state index contributed by atoms with van der Waals surface area (Å²) in [4.78, 5) is 40.5. The Kier molecular flexibility index (Phi) is 4.24. The summed E-state index contributed by atoms with van der Waals surface area (Å²) in [5.41, 5.74) is 1.18. The van der Waals surface area contributed by atoms with Crippen LogP contribution in [0.1, 0.15) is 30.7 Å². The summed E-state index contributed by atoms with van der Waals surface area (Å²) in [5.74, 6) is -0.301. The van der Waals surface area contributed by atoms with Crippen molar-refractivity contribution in [3.8, 4) is 0 Å². The lowest BCUT2D eigenvalue weighted by Gasteiger charge is -2.25. The topological polar surface area (TPSA) is 88.1 Å². The average molecular weight is 371 g/mol. The van der Waals surface area contributed by atoms with Crippen molar-refractivity contribution < 1.29 is 9.59 Å². The van der Waals surface area contributed by atoms with Crippen LogP contribution < -0.4 is 5.32 Å². The molecule has 1 aliphatic heterocycles. The first kappa shape index (κ1) is 15.9. The minimum atomic E-state index is -0.342. The van der Waals surface area contributed by atoms with Crippen LogP contribution in [-0.4, -0.2) is 38.2 Å². The van der Waals surface area contributed by atoms with Gasteiger partial charge in [-0.05, 0) is 11.4 Å². The van der Waals surface area contributed by atoms with E-state index in [0.717, 1.165) is 15.4 Å². The average Bonchev–Trinajstić information content (AvgIpc) is 3.30. The highest BCUT2D eigenvalue weighted by molar-refractivity contribution is 7.16. The fourth-order valence-electron chi connectivity index (χ4n) is 2.56. The summed E-state index contributed by atoms with van der Waals surface area (Å²) in [7, 11) is 0. The summed E-state index contributed by atoms with van der Waals surface area (Å²) in [6.45, 7) is 1.15. The molecular formula is C16H13N5O2S2. The number of anilines is 1. The Morgan fingerprint density at radius 1 is 1.28 bits per heavy atom. The molecule has 7 nitrogen and oxygen atoms in total. The number of carbonyl (C=O) groups is 2. The first-order chi connectivity index (χ1) is 12.2. The number of fused-ring (bicyclic) bond motifs is 1. The Morgan fingerprint density at radius 3 is 2.96 bits per heavy atom. The number of hydrogen-bond donors (Lipinski definition) is 1. The van der Waals surface area contributed by atoms with Crippen molar-refractivity contribution in [1.29, 1.82) is 0 Å². The highest BCUT2D eigenvalue weighted by Crippen LogP contribution is 2.29. The summed E-state index contributed by atoms with van der Waals surface area (Å²) in [5, 5.41) is 5.17. The third-order valence-electron chi connectivity index (χ3n) is 3.77. The van der Waals surface area contributed by atoms with Gasteiger partial charge in [0.1, 0.15) is 5.69 Å². The van der Waals surface area contributed by atoms with Gasteiger partial charge in [-0.25, -0.2) is 9.97 Å². The van der Waals surface area contributed by atoms with Crippen LogP contribution in [0.5, 0.6) is 0 Å². The fourth-order valence-corrected chi connectivity index (χ4v) is 4.27. The Balaban J connectivity index is 1.47. The van der Waals surface area contributed by atoms with Crippen molar-refractivity contribution in [3.05, 3.63) is 57.2 Å². The van der Waals surface area contributed by atoms with Crippen molar-refractivity contribution in [3.63, 3.8) is 0 Å². The van der Waals surface area contributed by atoms with E-state index >= 15 is 0 Å². The van der Waals surface area contributed by atoms with Crippen molar-refractivity contribution >= 4 is 39.6 Å². The molecule has 0 spiro atoms. The highest BCUT2D eigenvalue weighted by Gasteiger charge is 2.25. The number of nitrogens with one attached hydrogen (secondary N) is 1. The van der Waals surface area contributed by atoms with Gasteiger partial charge in [-0.2, -0.15) is 0 Å². The summed E-state index contributed by atoms with van der Waals surface area (Å²) in [6, 6.07) is 3.71. The first-order valence-corrected chi connectivity index (χ1v) is 9.29. The summed E-state index contributed by atoms with van der Waals surface area (Å²) in [6.07, 6.45) is 5.07. The molecule has 2 amide bonds. The molecule has 0 saturated heterocycles. The molecule has 9 heteroatoms. The van der Waals surface area contributed by atoms with Gasteiger partial charge >= 0.3 is 0 Å². The molecule has 0 fully saturated rings. The predicted octanol–water partition coefficient (Wildman–Crippen LogP) is 2.45. The lowest BCUT2D eigenvalue weighted by atomic mass is 10.2. The molecule has 1 N–H and O–H groups in total. The molecule has 4 heterocycles. The Bertz CT molecular complexity index is 908. The zero-order valence-corrected chi connectivity index (χ0v) is 14.6. The molecule has 3 aromatic rings. The number of thiazole rings is 1. The second kappa shape index (κ2) is 6.69. The van der Waals surface area contributed by atoms with Crippen molar-refractivity contribution in [2.75, 3.05) is 11.9 Å². The molecule has 0 atom stereocenters. The maximum absolute atomic E-state index is 12.5. The van der Waals surface area contributed by atoms with Crippen LogP contribution in [0.2, 0.25) is 0 Å². The quantitative estimate of drug-likeness (QED) is 0.764. The predicted molar refractivity (Wildman–Crippen MR) is 94.9 cm³/mol. The Labute approximate surface area is 151 Å². The molecule has 0 aromatic carbocycles. The second-order valence-electron chi connectivity index (χ2n) is 5.39. The molecule has 1 aliphatic rings. The van der Waals surface area contributed by atoms with Gasteiger partial charge in [0.2, 0.25) is 0 Å². The minimum Gasteiger partial charge on any atom is -0.332 e. The van der Waals surface area contributed by atoms with E-state index in [1.165, 1.54) is 41.3 Å². The lowest BCUT2D eigenvalue weighted by molar-refractivity contribution is 0.0741. The SMILES string of the molecule is O=C(Nc1nc2c(s1)CN(C(=O)c1cccs1)CC2)c1cnccn1. The number of rotatable bonds is 3. The molecule has 0 unspecified atom stereocenters. The summed E-state index contributed by atoms with van der Waals surface area (Å²) >= 11 is 2.84. The monoisotopic (exact) mass is 371 g/mol. The van der Waals surface area contributed by atoms with Crippen LogP contribution in [0.25, 0.3) is 0 Å². The second-order valence-corrected chi connectivity index (χ2v) is 7.42. The maximum Gasteiger partial charge on any atom is 0.277 e. The van der Waals surface area contributed by atoms with Crippen molar-refractivity contribution in [2.24, 2.45) is 0 Å². The fraction of sp³-hybridized carbons (Fsp3) is 0.188. The Morgan fingerprint density at radius 2 is 2.20 bits per heavy atom. The van der Waals surface area contributed by atoms with Crippen LogP contribution in [0.3, 0.4) is 0 Å². The lowest BCUT2D eigenvalue weighted by Crippen LogP contribution is -2.35. The number of thiophene rings is 1. The van der Waals surface area contributed by atoms with Gasteiger partial charge in [0.05, 0.1) is 23.3 Å². The summed E-state index contributed by atoms with van der Waals surface area (Å²) < 4.78 is 0.